The van der Waals surface area contributed by atoms with E-state index in [1.807, 2.05) is 13.8 Å². The molecule has 11 heteroatoms. The van der Waals surface area contributed by atoms with E-state index in [-0.39, 0.29) is 18.9 Å². The minimum absolute atomic E-state index is 0.0411. The molecule has 0 spiro atoms. The molecule has 0 bridgehead atoms. The van der Waals surface area contributed by atoms with Crippen LogP contribution in [0, 0.1) is 5.92 Å². The quantitative estimate of drug-likeness (QED) is 0.282. The highest BCUT2D eigenvalue weighted by atomic mass is 16.4. The maximum absolute atomic E-state index is 12.8. The summed E-state index contributed by atoms with van der Waals surface area (Å²) in [5.41, 5.74) is 10.7. The first-order chi connectivity index (χ1) is 13.4. The van der Waals surface area contributed by atoms with Gasteiger partial charge in [0, 0.05) is 6.54 Å². The van der Waals surface area contributed by atoms with Crippen molar-refractivity contribution in [2.45, 2.75) is 70.6 Å². The lowest BCUT2D eigenvalue weighted by Crippen LogP contribution is -2.57. The van der Waals surface area contributed by atoms with Crippen LogP contribution in [0.4, 0.5) is 0 Å². The van der Waals surface area contributed by atoms with Gasteiger partial charge >= 0.3 is 5.97 Å². The molecule has 164 valence electrons. The zero-order valence-corrected chi connectivity index (χ0v) is 17.0. The molecule has 11 nitrogen and oxygen atoms in total. The average Bonchev–Trinajstić information content (AvgIpc) is 3.08. The predicted octanol–water partition coefficient (Wildman–Crippen LogP) is -1.70. The van der Waals surface area contributed by atoms with E-state index < -0.39 is 60.2 Å². The summed E-state index contributed by atoms with van der Waals surface area (Å²) in [5.74, 6) is -3.83. The summed E-state index contributed by atoms with van der Waals surface area (Å²) < 4.78 is 0. The van der Waals surface area contributed by atoms with Crippen LogP contribution in [0.2, 0.25) is 0 Å². The van der Waals surface area contributed by atoms with E-state index in [0.29, 0.717) is 12.8 Å². The molecule has 4 atom stereocenters. The van der Waals surface area contributed by atoms with Crippen LogP contribution in [0.3, 0.4) is 0 Å². The highest BCUT2D eigenvalue weighted by molar-refractivity contribution is 5.96. The van der Waals surface area contributed by atoms with Gasteiger partial charge < -0.3 is 32.1 Å². The number of likely N-dealkylation sites (tertiary alicyclic amines) is 1. The van der Waals surface area contributed by atoms with Crippen LogP contribution in [0.1, 0.15) is 46.5 Å². The number of nitrogens with two attached hydrogens (primary N) is 2. The molecule has 7 N–H and O–H groups in total. The molecule has 1 rings (SSSR count). The molecule has 1 aliphatic heterocycles. The summed E-state index contributed by atoms with van der Waals surface area (Å²) in [6.07, 6.45) is 0.589. The van der Waals surface area contributed by atoms with Crippen molar-refractivity contribution in [3.8, 4) is 0 Å². The third-order valence-electron chi connectivity index (χ3n) is 4.59. The number of nitrogens with zero attached hydrogens (tertiary/aromatic N) is 1. The number of carboxylic acids is 1. The van der Waals surface area contributed by atoms with Crippen molar-refractivity contribution in [1.82, 2.24) is 15.5 Å². The average molecular weight is 413 g/mol. The fourth-order valence-electron chi connectivity index (χ4n) is 3.17. The zero-order chi connectivity index (χ0) is 22.3. The van der Waals surface area contributed by atoms with E-state index in [2.05, 4.69) is 10.6 Å². The minimum Gasteiger partial charge on any atom is -0.480 e. The van der Waals surface area contributed by atoms with Gasteiger partial charge in [0.25, 0.3) is 0 Å². The Hall–Kier alpha value is -2.69. The van der Waals surface area contributed by atoms with Gasteiger partial charge in [-0.3, -0.25) is 19.2 Å². The van der Waals surface area contributed by atoms with Crippen LogP contribution < -0.4 is 22.1 Å². The van der Waals surface area contributed by atoms with Crippen molar-refractivity contribution in [1.29, 1.82) is 0 Å². The molecule has 4 unspecified atom stereocenters. The van der Waals surface area contributed by atoms with Crippen molar-refractivity contribution in [3.63, 3.8) is 0 Å². The highest BCUT2D eigenvalue weighted by Crippen LogP contribution is 2.19. The molecule has 0 aromatic rings. The van der Waals surface area contributed by atoms with Crippen LogP contribution in [0.5, 0.6) is 0 Å². The van der Waals surface area contributed by atoms with E-state index in [4.69, 9.17) is 11.5 Å². The summed E-state index contributed by atoms with van der Waals surface area (Å²) in [6.45, 7) is 5.38. The summed E-state index contributed by atoms with van der Waals surface area (Å²) >= 11 is 0. The Morgan fingerprint density at radius 3 is 2.14 bits per heavy atom. The summed E-state index contributed by atoms with van der Waals surface area (Å²) in [4.78, 5) is 61.5. The van der Waals surface area contributed by atoms with Crippen LogP contribution in [-0.4, -0.2) is 70.3 Å². The molecule has 1 saturated heterocycles. The summed E-state index contributed by atoms with van der Waals surface area (Å²) in [5, 5.41) is 14.3. The van der Waals surface area contributed by atoms with Gasteiger partial charge in [-0.15, -0.1) is 0 Å². The summed E-state index contributed by atoms with van der Waals surface area (Å²) in [7, 11) is 0. The van der Waals surface area contributed by atoms with Crippen molar-refractivity contribution in [3.05, 3.63) is 0 Å². The normalized spacial score (nSPS) is 19.3. The number of nitrogens with one attached hydrogen (secondary N) is 2. The fourth-order valence-corrected chi connectivity index (χ4v) is 3.17. The standard InChI is InChI=1S/C18H31N5O6/c1-9(2)7-11(21-15(25)10(3)19)16(26)22-12(8-14(20)24)17(27)23-6-4-5-13(23)18(28)29/h9-13H,4-8,19H2,1-3H3,(H2,20,24)(H,21,25)(H,22,26)(H,28,29). The molecule has 0 radical (unpaired) electrons. The second-order valence-electron chi connectivity index (χ2n) is 7.74. The van der Waals surface area contributed by atoms with Gasteiger partial charge in [-0.2, -0.15) is 0 Å². The highest BCUT2D eigenvalue weighted by Gasteiger charge is 2.38. The molecule has 1 heterocycles. The topological polar surface area (TPSA) is 185 Å². The Morgan fingerprint density at radius 2 is 1.66 bits per heavy atom. The molecule has 0 saturated carbocycles. The minimum atomic E-state index is -1.32. The summed E-state index contributed by atoms with van der Waals surface area (Å²) in [6, 6.07) is -4.13. The van der Waals surface area contributed by atoms with Crippen LogP contribution in [0.25, 0.3) is 0 Å². The van der Waals surface area contributed by atoms with Crippen LogP contribution in [-0.2, 0) is 24.0 Å². The van der Waals surface area contributed by atoms with Gasteiger partial charge in [0.15, 0.2) is 0 Å². The molecule has 0 aromatic heterocycles. The lowest BCUT2D eigenvalue weighted by Gasteiger charge is -2.28. The second kappa shape index (κ2) is 10.7. The molecule has 1 fully saturated rings. The number of carboxylic acid groups (broad SMARTS) is 1. The predicted molar refractivity (Wildman–Crippen MR) is 103 cm³/mol. The van der Waals surface area contributed by atoms with Crippen molar-refractivity contribution < 1.29 is 29.1 Å². The van der Waals surface area contributed by atoms with E-state index >= 15 is 0 Å². The number of aliphatic carboxylic acids is 1. The number of amides is 4. The smallest absolute Gasteiger partial charge is 0.326 e. The maximum atomic E-state index is 12.8. The number of carbonyl (C=O) groups is 5. The first kappa shape index (κ1) is 24.3. The first-order valence-electron chi connectivity index (χ1n) is 9.61. The Kier molecular flexibility index (Phi) is 9.02. The molecular weight excluding hydrogens is 382 g/mol. The SMILES string of the molecule is CC(C)CC(NC(=O)C(C)N)C(=O)NC(CC(N)=O)C(=O)N1CCCC1C(=O)O. The Labute approximate surface area is 169 Å². The monoisotopic (exact) mass is 413 g/mol. The molecule has 4 amide bonds. The number of carbonyl (C=O) groups excluding carboxylic acids is 4. The molecule has 0 aliphatic carbocycles. The van der Waals surface area contributed by atoms with E-state index in [0.717, 1.165) is 4.90 Å². The van der Waals surface area contributed by atoms with E-state index in [1.165, 1.54) is 6.92 Å². The van der Waals surface area contributed by atoms with Crippen molar-refractivity contribution in [2.24, 2.45) is 17.4 Å². The number of primary amides is 1. The Balaban J connectivity index is 2.99. The lowest BCUT2D eigenvalue weighted by molar-refractivity contribution is -0.149. The molecule has 0 aromatic carbocycles. The Bertz CT molecular complexity index is 651. The van der Waals surface area contributed by atoms with E-state index in [9.17, 15) is 29.1 Å². The maximum Gasteiger partial charge on any atom is 0.326 e. The Morgan fingerprint density at radius 1 is 1.07 bits per heavy atom. The molecular formula is C18H31N5O6. The molecule has 29 heavy (non-hydrogen) atoms. The molecule has 1 aliphatic rings. The van der Waals surface area contributed by atoms with Crippen molar-refractivity contribution >= 4 is 29.6 Å². The van der Waals surface area contributed by atoms with Crippen molar-refractivity contribution in [2.75, 3.05) is 6.54 Å². The second-order valence-corrected chi connectivity index (χ2v) is 7.74. The largest absolute Gasteiger partial charge is 0.480 e. The van der Waals surface area contributed by atoms with Gasteiger partial charge in [0.05, 0.1) is 12.5 Å². The van der Waals surface area contributed by atoms with Crippen LogP contribution >= 0.6 is 0 Å². The number of hydrogen-bond donors (Lipinski definition) is 5. The van der Waals surface area contributed by atoms with Gasteiger partial charge in [-0.05, 0) is 32.1 Å². The van der Waals surface area contributed by atoms with Crippen LogP contribution in [0.15, 0.2) is 0 Å². The first-order valence-corrected chi connectivity index (χ1v) is 9.61. The van der Waals surface area contributed by atoms with Gasteiger partial charge in [0.2, 0.25) is 23.6 Å². The number of hydrogen-bond acceptors (Lipinski definition) is 6. The third-order valence-corrected chi connectivity index (χ3v) is 4.59. The van der Waals surface area contributed by atoms with E-state index in [1.54, 1.807) is 0 Å². The number of rotatable bonds is 10. The van der Waals surface area contributed by atoms with Gasteiger partial charge in [0.1, 0.15) is 18.1 Å². The zero-order valence-electron chi connectivity index (χ0n) is 17.0. The van der Waals surface area contributed by atoms with Gasteiger partial charge in [-0.25, -0.2) is 4.79 Å². The fraction of sp³-hybridized carbons (Fsp3) is 0.722. The third kappa shape index (κ3) is 7.33. The van der Waals surface area contributed by atoms with Gasteiger partial charge in [-0.1, -0.05) is 13.8 Å². The lowest BCUT2D eigenvalue weighted by atomic mass is 10.0.